The lowest BCUT2D eigenvalue weighted by Crippen LogP contribution is -2.16. The number of ether oxygens (including phenoxy) is 2. The summed E-state index contributed by atoms with van der Waals surface area (Å²) >= 11 is 8.62. The molecule has 2 aromatic heterocycles. The van der Waals surface area contributed by atoms with Crippen molar-refractivity contribution in [1.82, 2.24) is 14.8 Å². The van der Waals surface area contributed by atoms with Crippen LogP contribution in [0.2, 0.25) is 5.02 Å². The highest BCUT2D eigenvalue weighted by Crippen LogP contribution is 2.33. The van der Waals surface area contributed by atoms with Gasteiger partial charge in [0.05, 0.1) is 25.0 Å². The molecule has 11 heteroatoms. The van der Waals surface area contributed by atoms with Crippen LogP contribution in [0.4, 0.5) is 5.00 Å². The largest absolute Gasteiger partial charge is 0.493 e. The summed E-state index contributed by atoms with van der Waals surface area (Å²) in [4.78, 5) is 25.6. The average Bonchev–Trinajstić information content (AvgIpc) is 3.28. The molecule has 1 N–H and O–H groups in total. The van der Waals surface area contributed by atoms with Crippen molar-refractivity contribution >= 4 is 51.6 Å². The quantitative estimate of drug-likeness (QED) is 0.228. The van der Waals surface area contributed by atoms with Gasteiger partial charge in [0, 0.05) is 23.4 Å². The van der Waals surface area contributed by atoms with E-state index in [4.69, 9.17) is 21.1 Å². The molecule has 0 aliphatic heterocycles. The maximum Gasteiger partial charge on any atom is 0.341 e. The molecule has 0 saturated carbocycles. The molecule has 0 fully saturated rings. The molecule has 0 aliphatic carbocycles. The molecule has 0 spiro atoms. The van der Waals surface area contributed by atoms with Crippen molar-refractivity contribution in [3.63, 3.8) is 0 Å². The second kappa shape index (κ2) is 11.7. The molecule has 1 amide bonds. The molecule has 0 unspecified atom stereocenters. The van der Waals surface area contributed by atoms with E-state index < -0.39 is 5.97 Å². The van der Waals surface area contributed by atoms with Gasteiger partial charge in [-0.2, -0.15) is 0 Å². The number of rotatable bonds is 10. The van der Waals surface area contributed by atoms with Crippen molar-refractivity contribution < 1.29 is 19.1 Å². The first-order valence-electron chi connectivity index (χ1n) is 10.6. The Labute approximate surface area is 212 Å². The second-order valence-electron chi connectivity index (χ2n) is 7.64. The fraction of sp³-hybridized carbons (Fsp3) is 0.391. The van der Waals surface area contributed by atoms with Crippen molar-refractivity contribution in [1.29, 1.82) is 0 Å². The number of benzene rings is 1. The number of esters is 1. The smallest absolute Gasteiger partial charge is 0.341 e. The van der Waals surface area contributed by atoms with Gasteiger partial charge in [0.15, 0.2) is 5.16 Å². The Bertz CT molecular complexity index is 1190. The molecule has 0 saturated heterocycles. The maximum atomic E-state index is 12.5. The van der Waals surface area contributed by atoms with E-state index in [2.05, 4.69) is 15.5 Å². The molecule has 182 valence electrons. The van der Waals surface area contributed by atoms with Crippen LogP contribution in [0.5, 0.6) is 5.75 Å². The van der Waals surface area contributed by atoms with E-state index in [0.717, 1.165) is 34.0 Å². The Hall–Kier alpha value is -2.56. The van der Waals surface area contributed by atoms with Crippen molar-refractivity contribution in [3.8, 4) is 5.75 Å². The number of thiophene rings is 1. The van der Waals surface area contributed by atoms with Gasteiger partial charge < -0.3 is 19.4 Å². The first kappa shape index (κ1) is 26.1. The Balaban J connectivity index is 1.50. The fourth-order valence-corrected chi connectivity index (χ4v) is 5.25. The molecule has 0 atom stereocenters. The van der Waals surface area contributed by atoms with Gasteiger partial charge in [0.25, 0.3) is 0 Å². The zero-order valence-electron chi connectivity index (χ0n) is 19.7. The number of thioether (sulfide) groups is 1. The maximum absolute atomic E-state index is 12.5. The summed E-state index contributed by atoms with van der Waals surface area (Å²) in [5.74, 6) is 1.08. The lowest BCUT2D eigenvalue weighted by Gasteiger charge is -2.09. The fourth-order valence-electron chi connectivity index (χ4n) is 3.23. The minimum atomic E-state index is -0.460. The summed E-state index contributed by atoms with van der Waals surface area (Å²) in [6.45, 7) is 6.24. The van der Waals surface area contributed by atoms with Crippen LogP contribution >= 0.6 is 34.7 Å². The van der Waals surface area contributed by atoms with Gasteiger partial charge in [0.2, 0.25) is 5.91 Å². The number of carbonyl (C=O) groups excluding carboxylic acids is 2. The monoisotopic (exact) mass is 522 g/mol. The Kier molecular flexibility index (Phi) is 8.98. The lowest BCUT2D eigenvalue weighted by molar-refractivity contribution is -0.113. The van der Waals surface area contributed by atoms with Gasteiger partial charge in [0.1, 0.15) is 16.6 Å². The number of aromatic nitrogens is 3. The number of nitrogens with zero attached hydrogens (tertiary/aromatic N) is 3. The van der Waals surface area contributed by atoms with E-state index >= 15 is 0 Å². The summed E-state index contributed by atoms with van der Waals surface area (Å²) in [7, 11) is 3.20. The first-order chi connectivity index (χ1) is 16.2. The van der Waals surface area contributed by atoms with E-state index in [1.807, 2.05) is 50.6 Å². The van der Waals surface area contributed by atoms with E-state index in [0.29, 0.717) is 33.8 Å². The predicted molar refractivity (Wildman–Crippen MR) is 135 cm³/mol. The van der Waals surface area contributed by atoms with Crippen molar-refractivity contribution in [3.05, 3.63) is 50.6 Å². The molecule has 0 aliphatic rings. The van der Waals surface area contributed by atoms with Crippen molar-refractivity contribution in [2.45, 2.75) is 38.8 Å². The van der Waals surface area contributed by atoms with Crippen LogP contribution in [-0.4, -0.2) is 46.1 Å². The minimum absolute atomic E-state index is 0.140. The zero-order valence-corrected chi connectivity index (χ0v) is 22.1. The van der Waals surface area contributed by atoms with Gasteiger partial charge in [-0.15, -0.1) is 21.5 Å². The van der Waals surface area contributed by atoms with Crippen LogP contribution in [0, 0.1) is 20.8 Å². The first-order valence-corrected chi connectivity index (χ1v) is 12.8. The normalized spacial score (nSPS) is 10.9. The summed E-state index contributed by atoms with van der Waals surface area (Å²) in [5.41, 5.74) is 2.21. The molecular weight excluding hydrogens is 496 g/mol. The molecule has 8 nitrogen and oxygen atoms in total. The minimum Gasteiger partial charge on any atom is -0.493 e. The van der Waals surface area contributed by atoms with Gasteiger partial charge in [-0.05, 0) is 56.5 Å². The van der Waals surface area contributed by atoms with Crippen molar-refractivity contribution in [2.75, 3.05) is 24.8 Å². The molecule has 3 rings (SSSR count). The Morgan fingerprint density at radius 1 is 1.24 bits per heavy atom. The number of amides is 1. The number of hydrogen-bond donors (Lipinski definition) is 1. The molecular formula is C23H27ClN4O4S2. The molecule has 1 aromatic carbocycles. The molecule has 0 radical (unpaired) electrons. The highest BCUT2D eigenvalue weighted by atomic mass is 35.5. The van der Waals surface area contributed by atoms with Gasteiger partial charge in [-0.3, -0.25) is 4.79 Å². The third-order valence-electron chi connectivity index (χ3n) is 5.22. The van der Waals surface area contributed by atoms with E-state index in [9.17, 15) is 9.59 Å². The van der Waals surface area contributed by atoms with Crippen LogP contribution in [0.1, 0.15) is 38.6 Å². The summed E-state index contributed by atoms with van der Waals surface area (Å²) in [6, 6.07) is 5.55. The van der Waals surface area contributed by atoms with Crippen LogP contribution < -0.4 is 10.1 Å². The van der Waals surface area contributed by atoms with Gasteiger partial charge in [-0.25, -0.2) is 4.79 Å². The van der Waals surface area contributed by atoms with Crippen LogP contribution in [0.15, 0.2) is 23.4 Å². The number of methoxy groups -OCH3 is 1. The number of aryl methyl sites for hydroxylation is 3. The highest BCUT2D eigenvalue weighted by Gasteiger charge is 2.22. The standard InChI is InChI=1S/C23H27ClN4O4S2/c1-13-11-16(24)8-9-17(13)32-10-6-7-18-26-27-23(28(18)4)33-12-19(29)25-21-20(22(30)31-5)14(2)15(3)34-21/h8-9,11H,6-7,10,12H2,1-5H3,(H,25,29). The predicted octanol–water partition coefficient (Wildman–Crippen LogP) is 4.98. The number of hydrogen-bond acceptors (Lipinski definition) is 8. The third-order valence-corrected chi connectivity index (χ3v) is 7.60. The number of anilines is 1. The molecule has 2 heterocycles. The zero-order chi connectivity index (χ0) is 24.8. The van der Waals surface area contributed by atoms with Crippen LogP contribution in [-0.2, 0) is 23.0 Å². The number of nitrogens with one attached hydrogen (secondary N) is 1. The summed E-state index contributed by atoms with van der Waals surface area (Å²) in [6.07, 6.45) is 1.46. The Morgan fingerprint density at radius 3 is 2.71 bits per heavy atom. The Morgan fingerprint density at radius 2 is 2.00 bits per heavy atom. The lowest BCUT2D eigenvalue weighted by atomic mass is 10.1. The molecule has 3 aromatic rings. The highest BCUT2D eigenvalue weighted by molar-refractivity contribution is 7.99. The summed E-state index contributed by atoms with van der Waals surface area (Å²) in [5, 5.41) is 13.1. The molecule has 34 heavy (non-hydrogen) atoms. The number of halogens is 1. The average molecular weight is 523 g/mol. The SMILES string of the molecule is COC(=O)c1c(NC(=O)CSc2nnc(CCCOc3ccc(Cl)cc3C)n2C)sc(C)c1C. The van der Waals surface area contributed by atoms with Crippen LogP contribution in [0.3, 0.4) is 0 Å². The van der Waals surface area contributed by atoms with Gasteiger partial charge >= 0.3 is 5.97 Å². The second-order valence-corrected chi connectivity index (χ2v) is 10.2. The van der Waals surface area contributed by atoms with E-state index in [-0.39, 0.29) is 11.7 Å². The van der Waals surface area contributed by atoms with Gasteiger partial charge in [-0.1, -0.05) is 23.4 Å². The summed E-state index contributed by atoms with van der Waals surface area (Å²) < 4.78 is 12.6. The van der Waals surface area contributed by atoms with E-state index in [1.54, 1.807) is 0 Å². The van der Waals surface area contributed by atoms with E-state index in [1.165, 1.54) is 30.2 Å². The number of carbonyl (C=O) groups is 2. The molecule has 0 bridgehead atoms. The topological polar surface area (TPSA) is 95.3 Å². The van der Waals surface area contributed by atoms with Crippen molar-refractivity contribution in [2.24, 2.45) is 7.05 Å². The van der Waals surface area contributed by atoms with Crippen LogP contribution in [0.25, 0.3) is 0 Å². The third kappa shape index (κ3) is 6.31.